The number of benzene rings is 1. The molecule has 2 heteroatoms. The molecule has 0 radical (unpaired) electrons. The van der Waals surface area contributed by atoms with Crippen molar-refractivity contribution in [2.24, 2.45) is 11.3 Å². The fourth-order valence-corrected chi connectivity index (χ4v) is 5.49. The first-order chi connectivity index (χ1) is 12.1. The lowest BCUT2D eigenvalue weighted by atomic mass is 9.79. The van der Waals surface area contributed by atoms with Gasteiger partial charge in [-0.05, 0) is 72.5 Å². The molecule has 1 N–H and O–H groups in total. The molecule has 1 aromatic carbocycles. The number of halogens is 1. The van der Waals surface area contributed by atoms with Crippen LogP contribution in [-0.2, 0) is 12.8 Å². The number of hydrogen-bond acceptors (Lipinski definition) is 1. The summed E-state index contributed by atoms with van der Waals surface area (Å²) in [6.07, 6.45) is 13.9. The van der Waals surface area contributed by atoms with Crippen molar-refractivity contribution in [2.75, 3.05) is 6.61 Å². The summed E-state index contributed by atoms with van der Waals surface area (Å²) in [6, 6.07) is 4.66. The quantitative estimate of drug-likeness (QED) is 0.536. The highest BCUT2D eigenvalue weighted by molar-refractivity contribution is 6.32. The van der Waals surface area contributed by atoms with E-state index in [0.29, 0.717) is 12.5 Å². The van der Waals surface area contributed by atoms with Gasteiger partial charge in [-0.15, -0.1) is 0 Å². The normalized spacial score (nSPS) is 29.0. The molecule has 2 aliphatic carbocycles. The van der Waals surface area contributed by atoms with Crippen LogP contribution in [0.1, 0.15) is 94.2 Å². The van der Waals surface area contributed by atoms with Crippen LogP contribution in [0.5, 0.6) is 0 Å². The Hall–Kier alpha value is -0.530. The molecule has 0 saturated heterocycles. The Bertz CT molecular complexity index is 582. The Kier molecular flexibility index (Phi) is 6.49. The lowest BCUT2D eigenvalue weighted by molar-refractivity contribution is 0.147. The van der Waals surface area contributed by atoms with Crippen molar-refractivity contribution in [3.63, 3.8) is 0 Å². The Morgan fingerprint density at radius 1 is 1.20 bits per heavy atom. The molecular formula is C23H35ClO. The van der Waals surface area contributed by atoms with Gasteiger partial charge in [-0.2, -0.15) is 0 Å². The average Bonchev–Trinajstić information content (AvgIpc) is 3.02. The van der Waals surface area contributed by atoms with Crippen molar-refractivity contribution in [3.8, 4) is 0 Å². The van der Waals surface area contributed by atoms with Crippen LogP contribution in [0, 0.1) is 11.3 Å². The van der Waals surface area contributed by atoms with Gasteiger partial charge in [-0.25, -0.2) is 0 Å². The van der Waals surface area contributed by atoms with Crippen LogP contribution in [0.2, 0.25) is 5.02 Å². The first-order valence-electron chi connectivity index (χ1n) is 10.5. The summed E-state index contributed by atoms with van der Waals surface area (Å²) in [5.74, 6) is 1.39. The highest BCUT2D eigenvalue weighted by Crippen LogP contribution is 2.49. The van der Waals surface area contributed by atoms with E-state index in [9.17, 15) is 5.11 Å². The molecular weight excluding hydrogens is 328 g/mol. The van der Waals surface area contributed by atoms with Crippen molar-refractivity contribution >= 4 is 11.6 Å². The molecule has 1 nitrogen and oxygen atoms in total. The zero-order valence-electron chi connectivity index (χ0n) is 16.1. The maximum Gasteiger partial charge on any atom is 0.0484 e. The summed E-state index contributed by atoms with van der Waals surface area (Å²) >= 11 is 6.87. The van der Waals surface area contributed by atoms with Gasteiger partial charge in [-0.1, -0.05) is 69.7 Å². The standard InChI is InChI=1S/C23H35ClO/c1-3-4-5-6-7-17-8-10-20-18(14-17)9-11-21(22(20)24)19-12-13-23(2,15-19)16-25/h9,11,17,19,25H,3-8,10,12-16H2,1-2H3/t17-,19-,23?/m0/s1. The van der Waals surface area contributed by atoms with E-state index in [-0.39, 0.29) is 5.41 Å². The number of fused-ring (bicyclic) bond motifs is 1. The van der Waals surface area contributed by atoms with Crippen LogP contribution in [-0.4, -0.2) is 11.7 Å². The van der Waals surface area contributed by atoms with Gasteiger partial charge in [0, 0.05) is 11.6 Å². The summed E-state index contributed by atoms with van der Waals surface area (Å²) in [4.78, 5) is 0. The maximum atomic E-state index is 9.65. The van der Waals surface area contributed by atoms with Crippen molar-refractivity contribution < 1.29 is 5.11 Å². The van der Waals surface area contributed by atoms with Gasteiger partial charge in [0.1, 0.15) is 0 Å². The number of hydrogen-bond donors (Lipinski definition) is 1. The van der Waals surface area contributed by atoms with Crippen molar-refractivity contribution in [2.45, 2.75) is 90.4 Å². The molecule has 0 heterocycles. The molecule has 2 aliphatic rings. The Labute approximate surface area is 159 Å². The summed E-state index contributed by atoms with van der Waals surface area (Å²) in [6.45, 7) is 4.79. The Morgan fingerprint density at radius 3 is 2.76 bits per heavy atom. The van der Waals surface area contributed by atoms with E-state index < -0.39 is 0 Å². The first kappa shape index (κ1) is 19.2. The third-order valence-electron chi connectivity index (χ3n) is 6.80. The molecule has 1 fully saturated rings. The van der Waals surface area contributed by atoms with Gasteiger partial charge >= 0.3 is 0 Å². The lowest BCUT2D eigenvalue weighted by Crippen LogP contribution is -2.17. The predicted octanol–water partition coefficient (Wildman–Crippen LogP) is 6.68. The molecule has 0 amide bonds. The van der Waals surface area contributed by atoms with E-state index in [1.807, 2.05) is 0 Å². The van der Waals surface area contributed by atoms with E-state index in [2.05, 4.69) is 26.0 Å². The molecule has 0 spiro atoms. The van der Waals surface area contributed by atoms with Gasteiger partial charge in [-0.3, -0.25) is 0 Å². The third kappa shape index (κ3) is 4.42. The zero-order chi connectivity index (χ0) is 17.9. The molecule has 25 heavy (non-hydrogen) atoms. The minimum absolute atomic E-state index is 0.0908. The summed E-state index contributed by atoms with van der Waals surface area (Å²) < 4.78 is 0. The predicted molar refractivity (Wildman–Crippen MR) is 108 cm³/mol. The molecule has 140 valence electrons. The van der Waals surface area contributed by atoms with E-state index in [0.717, 1.165) is 36.6 Å². The maximum absolute atomic E-state index is 9.65. The van der Waals surface area contributed by atoms with Crippen LogP contribution < -0.4 is 0 Å². The Balaban J connectivity index is 1.66. The molecule has 0 aromatic heterocycles. The smallest absolute Gasteiger partial charge is 0.0484 e. The SMILES string of the molecule is CCCCCC[C@H]1CCc2c(ccc([C@H]3CCC(C)(CO)C3)c2Cl)C1. The third-order valence-corrected chi connectivity index (χ3v) is 7.25. The number of unbranched alkanes of at least 4 members (excludes halogenated alkanes) is 3. The first-order valence-corrected chi connectivity index (χ1v) is 10.8. The lowest BCUT2D eigenvalue weighted by Gasteiger charge is -2.28. The van der Waals surface area contributed by atoms with E-state index in [4.69, 9.17) is 11.6 Å². The molecule has 0 aliphatic heterocycles. The number of aliphatic hydroxyl groups excluding tert-OH is 1. The minimum Gasteiger partial charge on any atom is -0.396 e. The van der Waals surface area contributed by atoms with Crippen molar-refractivity contribution in [1.82, 2.24) is 0 Å². The summed E-state index contributed by atoms with van der Waals surface area (Å²) in [5.41, 5.74) is 4.37. The molecule has 3 atom stereocenters. The fraction of sp³-hybridized carbons (Fsp3) is 0.739. The van der Waals surface area contributed by atoms with Crippen molar-refractivity contribution in [1.29, 1.82) is 0 Å². The van der Waals surface area contributed by atoms with Gasteiger partial charge in [0.2, 0.25) is 0 Å². The van der Waals surface area contributed by atoms with Crippen LogP contribution in [0.4, 0.5) is 0 Å². The molecule has 1 unspecified atom stereocenters. The summed E-state index contributed by atoms with van der Waals surface area (Å²) in [5, 5.41) is 10.7. The van der Waals surface area contributed by atoms with Gasteiger partial charge in [0.15, 0.2) is 0 Å². The summed E-state index contributed by atoms with van der Waals surface area (Å²) in [7, 11) is 0. The number of aliphatic hydroxyl groups is 1. The van der Waals surface area contributed by atoms with Crippen molar-refractivity contribution in [3.05, 3.63) is 33.8 Å². The zero-order valence-corrected chi connectivity index (χ0v) is 16.9. The second kappa shape index (κ2) is 8.44. The average molecular weight is 363 g/mol. The Morgan fingerprint density at radius 2 is 2.04 bits per heavy atom. The van der Waals surface area contributed by atoms with Gasteiger partial charge in [0.05, 0.1) is 0 Å². The number of rotatable bonds is 7. The highest BCUT2D eigenvalue weighted by Gasteiger charge is 2.36. The van der Waals surface area contributed by atoms with Crippen LogP contribution in [0.15, 0.2) is 12.1 Å². The van der Waals surface area contributed by atoms with E-state index in [1.54, 1.807) is 0 Å². The largest absolute Gasteiger partial charge is 0.396 e. The molecule has 3 rings (SSSR count). The van der Waals surface area contributed by atoms with Crippen LogP contribution in [0.3, 0.4) is 0 Å². The topological polar surface area (TPSA) is 20.2 Å². The molecule has 0 bridgehead atoms. The molecule has 1 saturated carbocycles. The second-order valence-electron chi connectivity index (χ2n) is 8.97. The van der Waals surface area contributed by atoms with E-state index in [1.165, 1.54) is 61.6 Å². The van der Waals surface area contributed by atoms with Crippen LogP contribution in [0.25, 0.3) is 0 Å². The molecule has 1 aromatic rings. The van der Waals surface area contributed by atoms with Gasteiger partial charge < -0.3 is 5.11 Å². The van der Waals surface area contributed by atoms with Crippen LogP contribution >= 0.6 is 11.6 Å². The fourth-order valence-electron chi connectivity index (χ4n) is 5.05. The highest BCUT2D eigenvalue weighted by atomic mass is 35.5. The van der Waals surface area contributed by atoms with Gasteiger partial charge in [0.25, 0.3) is 0 Å². The monoisotopic (exact) mass is 362 g/mol. The minimum atomic E-state index is 0.0908. The second-order valence-corrected chi connectivity index (χ2v) is 9.35. The van der Waals surface area contributed by atoms with E-state index >= 15 is 0 Å².